The van der Waals surface area contributed by atoms with Gasteiger partial charge in [-0.2, -0.15) is 0 Å². The molecular weight excluding hydrogens is 299 g/mol. The highest BCUT2D eigenvalue weighted by atomic mass is 19.1. The fourth-order valence-electron chi connectivity index (χ4n) is 2.23. The van der Waals surface area contributed by atoms with Gasteiger partial charge in [0.15, 0.2) is 0 Å². The quantitative estimate of drug-likeness (QED) is 0.442. The third kappa shape index (κ3) is 3.21. The number of para-hydroxylation sites is 1. The minimum absolute atomic E-state index is 0.0296. The van der Waals surface area contributed by atoms with Crippen LogP contribution in [0.25, 0.3) is 10.9 Å². The van der Waals surface area contributed by atoms with Crippen molar-refractivity contribution in [1.29, 1.82) is 0 Å². The van der Waals surface area contributed by atoms with E-state index in [2.05, 4.69) is 10.1 Å². The second kappa shape index (κ2) is 6.31. The first-order valence-corrected chi connectivity index (χ1v) is 6.89. The number of hydrogen-bond donors (Lipinski definition) is 2. The molecule has 0 unspecified atom stereocenters. The van der Waals surface area contributed by atoms with Crippen LogP contribution in [0, 0.1) is 5.82 Å². The summed E-state index contributed by atoms with van der Waals surface area (Å²) in [6.07, 6.45) is 0. The van der Waals surface area contributed by atoms with E-state index >= 15 is 0 Å². The van der Waals surface area contributed by atoms with E-state index < -0.39 is 0 Å². The number of ether oxygens (including phenoxy) is 1. The maximum Gasteiger partial charge on any atom is 0.248 e. The van der Waals surface area contributed by atoms with Gasteiger partial charge in [0.2, 0.25) is 5.56 Å². The molecular formula is C17H13FN2O3. The van der Waals surface area contributed by atoms with Gasteiger partial charge in [-0.25, -0.2) is 4.39 Å². The molecule has 2 N–H and O–H groups in total. The number of fused-ring (bicyclic) bond motifs is 1. The lowest BCUT2D eigenvalue weighted by Gasteiger charge is -2.10. The molecule has 3 rings (SSSR count). The predicted molar refractivity (Wildman–Crippen MR) is 84.8 cm³/mol. The standard InChI is InChI=1S/C17H13FN2O3/c18-13-7-4-11(5-8-13)14(20-22)10-23-15-3-1-2-12-6-9-16(21)19-17(12)15/h1-9,22H,10H2,(H,19,21)/b20-14+. The average Bonchev–Trinajstić information content (AvgIpc) is 2.57. The Labute approximate surface area is 130 Å². The van der Waals surface area contributed by atoms with Gasteiger partial charge in [-0.05, 0) is 36.4 Å². The number of aromatic nitrogens is 1. The summed E-state index contributed by atoms with van der Waals surface area (Å²) in [6, 6.07) is 14.0. The minimum atomic E-state index is -0.376. The van der Waals surface area contributed by atoms with E-state index in [4.69, 9.17) is 9.94 Å². The van der Waals surface area contributed by atoms with Crippen LogP contribution in [0.3, 0.4) is 0 Å². The first-order valence-electron chi connectivity index (χ1n) is 6.89. The smallest absolute Gasteiger partial charge is 0.248 e. The third-order valence-corrected chi connectivity index (χ3v) is 3.38. The third-order valence-electron chi connectivity index (χ3n) is 3.38. The Morgan fingerprint density at radius 3 is 2.65 bits per heavy atom. The van der Waals surface area contributed by atoms with Crippen molar-refractivity contribution in [1.82, 2.24) is 4.98 Å². The number of benzene rings is 2. The van der Waals surface area contributed by atoms with Crippen molar-refractivity contribution in [2.45, 2.75) is 0 Å². The van der Waals surface area contributed by atoms with Gasteiger partial charge in [-0.15, -0.1) is 0 Å². The zero-order valence-corrected chi connectivity index (χ0v) is 12.0. The van der Waals surface area contributed by atoms with Gasteiger partial charge >= 0.3 is 0 Å². The Balaban J connectivity index is 1.86. The maximum absolute atomic E-state index is 12.9. The van der Waals surface area contributed by atoms with Gasteiger partial charge in [0.1, 0.15) is 23.9 Å². The number of aromatic amines is 1. The largest absolute Gasteiger partial charge is 0.485 e. The Morgan fingerprint density at radius 1 is 1.13 bits per heavy atom. The van der Waals surface area contributed by atoms with Gasteiger partial charge in [-0.3, -0.25) is 4.79 Å². The summed E-state index contributed by atoms with van der Waals surface area (Å²) in [6.45, 7) is -0.0296. The summed E-state index contributed by atoms with van der Waals surface area (Å²) in [5, 5.41) is 13.2. The molecule has 0 saturated carbocycles. The molecule has 1 heterocycles. The second-order valence-corrected chi connectivity index (χ2v) is 4.89. The van der Waals surface area contributed by atoms with Crippen molar-refractivity contribution in [2.75, 3.05) is 6.61 Å². The Morgan fingerprint density at radius 2 is 1.91 bits per heavy atom. The Kier molecular flexibility index (Phi) is 4.05. The van der Waals surface area contributed by atoms with Gasteiger partial charge in [0, 0.05) is 17.0 Å². The number of halogens is 1. The molecule has 0 aliphatic rings. The van der Waals surface area contributed by atoms with E-state index in [1.54, 1.807) is 18.2 Å². The Hall–Kier alpha value is -3.15. The van der Waals surface area contributed by atoms with Crippen LogP contribution in [0.5, 0.6) is 5.75 Å². The molecule has 0 fully saturated rings. The highest BCUT2D eigenvalue weighted by Crippen LogP contribution is 2.22. The van der Waals surface area contributed by atoms with E-state index in [9.17, 15) is 9.18 Å². The monoisotopic (exact) mass is 312 g/mol. The van der Waals surface area contributed by atoms with E-state index in [-0.39, 0.29) is 23.7 Å². The van der Waals surface area contributed by atoms with E-state index in [0.717, 1.165) is 5.39 Å². The fourth-order valence-corrected chi connectivity index (χ4v) is 2.23. The maximum atomic E-state index is 12.9. The fraction of sp³-hybridized carbons (Fsp3) is 0.0588. The zero-order chi connectivity index (χ0) is 16.2. The van der Waals surface area contributed by atoms with Crippen molar-refractivity contribution < 1.29 is 14.3 Å². The molecule has 3 aromatic rings. The topological polar surface area (TPSA) is 74.7 Å². The molecule has 0 bridgehead atoms. The van der Waals surface area contributed by atoms with E-state index in [1.807, 2.05) is 6.07 Å². The average molecular weight is 312 g/mol. The van der Waals surface area contributed by atoms with Gasteiger partial charge < -0.3 is 14.9 Å². The zero-order valence-electron chi connectivity index (χ0n) is 12.0. The lowest BCUT2D eigenvalue weighted by Crippen LogP contribution is -2.14. The summed E-state index contributed by atoms with van der Waals surface area (Å²) < 4.78 is 18.6. The number of nitrogens with zero attached hydrogens (tertiary/aromatic N) is 1. The van der Waals surface area contributed by atoms with Crippen LogP contribution in [0.4, 0.5) is 4.39 Å². The van der Waals surface area contributed by atoms with Crippen LogP contribution in [0.2, 0.25) is 0 Å². The molecule has 0 radical (unpaired) electrons. The van der Waals surface area contributed by atoms with Crippen molar-refractivity contribution >= 4 is 16.6 Å². The number of oxime groups is 1. The van der Waals surface area contributed by atoms with Crippen LogP contribution < -0.4 is 10.3 Å². The molecule has 0 saturated heterocycles. The SMILES string of the molecule is O=c1ccc2cccc(OC/C(=N\O)c3ccc(F)cc3)c2[nH]1. The highest BCUT2D eigenvalue weighted by Gasteiger charge is 2.08. The van der Waals surface area contributed by atoms with E-state index in [0.29, 0.717) is 16.8 Å². The van der Waals surface area contributed by atoms with E-state index in [1.165, 1.54) is 30.3 Å². The van der Waals surface area contributed by atoms with Gasteiger partial charge in [0.25, 0.3) is 0 Å². The van der Waals surface area contributed by atoms with Crippen molar-refractivity contribution in [3.63, 3.8) is 0 Å². The number of pyridine rings is 1. The molecule has 0 spiro atoms. The predicted octanol–water partition coefficient (Wildman–Crippen LogP) is 2.92. The van der Waals surface area contributed by atoms with Gasteiger partial charge in [-0.1, -0.05) is 17.3 Å². The van der Waals surface area contributed by atoms with Crippen molar-refractivity contribution in [3.05, 3.63) is 76.3 Å². The first kappa shape index (κ1) is 14.8. The van der Waals surface area contributed by atoms with Crippen molar-refractivity contribution in [3.8, 4) is 5.75 Å². The minimum Gasteiger partial charge on any atom is -0.485 e. The molecule has 6 heteroatoms. The molecule has 1 aromatic heterocycles. The lowest BCUT2D eigenvalue weighted by molar-refractivity contribution is 0.308. The molecule has 0 aliphatic heterocycles. The van der Waals surface area contributed by atoms with Crippen LogP contribution in [0.1, 0.15) is 5.56 Å². The summed E-state index contributed by atoms with van der Waals surface area (Å²) in [4.78, 5) is 14.2. The number of rotatable bonds is 4. The summed E-state index contributed by atoms with van der Waals surface area (Å²) in [5.41, 5.74) is 1.13. The summed E-state index contributed by atoms with van der Waals surface area (Å²) in [7, 11) is 0. The number of nitrogens with one attached hydrogen (secondary N) is 1. The molecule has 0 atom stereocenters. The van der Waals surface area contributed by atoms with Crippen LogP contribution in [-0.4, -0.2) is 22.5 Å². The van der Waals surface area contributed by atoms with Crippen LogP contribution >= 0.6 is 0 Å². The summed E-state index contributed by atoms with van der Waals surface area (Å²) >= 11 is 0. The van der Waals surface area contributed by atoms with Crippen LogP contribution in [-0.2, 0) is 0 Å². The van der Waals surface area contributed by atoms with Gasteiger partial charge in [0.05, 0.1) is 5.52 Å². The first-order chi connectivity index (χ1) is 11.2. The second-order valence-electron chi connectivity index (χ2n) is 4.89. The number of hydrogen-bond acceptors (Lipinski definition) is 4. The van der Waals surface area contributed by atoms with Crippen LogP contribution in [0.15, 0.2) is 64.5 Å². The molecule has 5 nitrogen and oxygen atoms in total. The summed E-state index contributed by atoms with van der Waals surface area (Å²) in [5.74, 6) is 0.0852. The normalized spacial score (nSPS) is 11.6. The lowest BCUT2D eigenvalue weighted by atomic mass is 10.1. The molecule has 23 heavy (non-hydrogen) atoms. The highest BCUT2D eigenvalue weighted by molar-refractivity contribution is 6.01. The van der Waals surface area contributed by atoms with Crippen molar-refractivity contribution in [2.24, 2.45) is 5.16 Å². The molecule has 0 amide bonds. The number of H-pyrrole nitrogens is 1. The molecule has 116 valence electrons. The molecule has 2 aromatic carbocycles. The Bertz CT molecular complexity index is 917. The molecule has 0 aliphatic carbocycles.